The van der Waals surface area contributed by atoms with Crippen LogP contribution in [0.1, 0.15) is 50.3 Å². The lowest BCUT2D eigenvalue weighted by atomic mass is 9.95. The number of nitro groups is 1. The van der Waals surface area contributed by atoms with Crippen LogP contribution in [0.4, 0.5) is 17.1 Å². The van der Waals surface area contributed by atoms with E-state index in [0.29, 0.717) is 26.2 Å². The van der Waals surface area contributed by atoms with Crippen LogP contribution in [0.5, 0.6) is 0 Å². The van der Waals surface area contributed by atoms with Crippen molar-refractivity contribution in [1.82, 2.24) is 4.57 Å². The highest BCUT2D eigenvalue weighted by atomic mass is 32.1. The van der Waals surface area contributed by atoms with E-state index in [1.807, 2.05) is 43.3 Å². The van der Waals surface area contributed by atoms with Crippen LogP contribution in [0.15, 0.2) is 63.5 Å². The van der Waals surface area contributed by atoms with Gasteiger partial charge in [0.15, 0.2) is 4.80 Å². The molecule has 3 aromatic rings. The maximum absolute atomic E-state index is 14.1. The van der Waals surface area contributed by atoms with Crippen molar-refractivity contribution < 1.29 is 14.5 Å². The number of thiazole rings is 1. The number of carbonyl (C=O) groups excluding carboxylic acids is 1. The molecule has 1 aromatic heterocycles. The molecule has 0 N–H and O–H groups in total. The normalized spacial score (nSPS) is 17.2. The minimum Gasteiger partial charge on any atom is -0.463 e. The molecule has 0 aliphatic carbocycles. The summed E-state index contributed by atoms with van der Waals surface area (Å²) in [6.07, 6.45) is 4.95. The summed E-state index contributed by atoms with van der Waals surface area (Å²) >= 11 is 1.21. The third-order valence-electron chi connectivity index (χ3n) is 7.45. The van der Waals surface area contributed by atoms with Gasteiger partial charge in [-0.2, -0.15) is 0 Å². The van der Waals surface area contributed by atoms with Crippen LogP contribution in [0.2, 0.25) is 0 Å². The number of esters is 1. The third-order valence-corrected chi connectivity index (χ3v) is 8.43. The van der Waals surface area contributed by atoms with Crippen molar-refractivity contribution in [3.63, 3.8) is 0 Å². The Morgan fingerprint density at radius 3 is 2.51 bits per heavy atom. The number of carbonyl (C=O) groups is 1. The standard InChI is InChI=1S/C30H33N5O5S/c1-5-40-29(37)26-19(2)31-30-34(27(26)20-9-11-22(12-10-20)32(3)4)28(36)25(41-30)18-21-17-23(35(38)39)13-14-24(21)33-15-7-6-8-16-33/h9-14,17-18,27H,5-8,15-16H2,1-4H3/b25-18+/t27-/m1/s1. The molecule has 1 saturated heterocycles. The maximum Gasteiger partial charge on any atom is 0.338 e. The molecular weight excluding hydrogens is 542 g/mol. The van der Waals surface area contributed by atoms with Crippen molar-refractivity contribution in [3.8, 4) is 0 Å². The Morgan fingerprint density at radius 2 is 1.88 bits per heavy atom. The maximum atomic E-state index is 14.1. The summed E-state index contributed by atoms with van der Waals surface area (Å²) in [4.78, 5) is 47.7. The van der Waals surface area contributed by atoms with Crippen LogP contribution in [0, 0.1) is 10.1 Å². The molecule has 11 heteroatoms. The van der Waals surface area contributed by atoms with Gasteiger partial charge >= 0.3 is 5.97 Å². The predicted molar refractivity (Wildman–Crippen MR) is 160 cm³/mol. The van der Waals surface area contributed by atoms with Crippen LogP contribution in [0.25, 0.3) is 6.08 Å². The lowest BCUT2D eigenvalue weighted by Crippen LogP contribution is -2.40. The van der Waals surface area contributed by atoms with E-state index in [9.17, 15) is 19.7 Å². The molecule has 0 bridgehead atoms. The average molecular weight is 576 g/mol. The first-order valence-electron chi connectivity index (χ1n) is 13.7. The average Bonchev–Trinajstić information content (AvgIpc) is 3.26. The quantitative estimate of drug-likeness (QED) is 0.240. The number of piperidine rings is 1. The van der Waals surface area contributed by atoms with Crippen molar-refractivity contribution in [2.45, 2.75) is 39.2 Å². The summed E-state index contributed by atoms with van der Waals surface area (Å²) in [5.74, 6) is -0.518. The van der Waals surface area contributed by atoms with Crippen molar-refractivity contribution >= 4 is 40.4 Å². The van der Waals surface area contributed by atoms with Crippen molar-refractivity contribution in [3.05, 3.63) is 94.7 Å². The number of rotatable bonds is 7. The summed E-state index contributed by atoms with van der Waals surface area (Å²) in [6.45, 7) is 5.39. The smallest absolute Gasteiger partial charge is 0.338 e. The van der Waals surface area contributed by atoms with Gasteiger partial charge in [0.2, 0.25) is 0 Å². The Labute approximate surface area is 241 Å². The molecule has 3 heterocycles. The van der Waals surface area contributed by atoms with Gasteiger partial charge in [-0.1, -0.05) is 23.5 Å². The zero-order chi connectivity index (χ0) is 29.3. The number of aromatic nitrogens is 1. The number of nitrogens with zero attached hydrogens (tertiary/aromatic N) is 5. The van der Waals surface area contributed by atoms with Crippen LogP contribution < -0.4 is 24.7 Å². The zero-order valence-electron chi connectivity index (χ0n) is 23.6. The number of hydrogen-bond acceptors (Lipinski definition) is 9. The monoisotopic (exact) mass is 575 g/mol. The van der Waals surface area contributed by atoms with Crippen LogP contribution in [0.3, 0.4) is 0 Å². The summed E-state index contributed by atoms with van der Waals surface area (Å²) < 4.78 is 7.31. The summed E-state index contributed by atoms with van der Waals surface area (Å²) in [5, 5.41) is 11.6. The number of fused-ring (bicyclic) bond motifs is 1. The Bertz CT molecular complexity index is 1700. The third kappa shape index (κ3) is 5.54. The zero-order valence-corrected chi connectivity index (χ0v) is 24.4. The van der Waals surface area contributed by atoms with Crippen molar-refractivity contribution in [1.29, 1.82) is 0 Å². The molecule has 2 aliphatic rings. The number of benzene rings is 2. The summed E-state index contributed by atoms with van der Waals surface area (Å²) in [6, 6.07) is 11.8. The molecule has 10 nitrogen and oxygen atoms in total. The molecular formula is C30H33N5O5S. The fourth-order valence-corrected chi connectivity index (χ4v) is 6.43. The van der Waals surface area contributed by atoms with Gasteiger partial charge in [-0.15, -0.1) is 0 Å². The highest BCUT2D eigenvalue weighted by Gasteiger charge is 2.33. The molecule has 2 aliphatic heterocycles. The highest BCUT2D eigenvalue weighted by molar-refractivity contribution is 7.07. The Morgan fingerprint density at radius 1 is 1.17 bits per heavy atom. The van der Waals surface area contributed by atoms with Gasteiger partial charge in [0.05, 0.1) is 33.4 Å². The number of anilines is 2. The van der Waals surface area contributed by atoms with Gasteiger partial charge in [-0.3, -0.25) is 19.5 Å². The SMILES string of the molecule is CCOC(=O)C1=C(C)N=c2s/c(=C/c3cc([N+](=O)[O-])ccc3N3CCCCC3)c(=O)n2[C@@H]1c1ccc(N(C)C)cc1. The van der Waals surface area contributed by atoms with Gasteiger partial charge in [-0.05, 0) is 62.9 Å². The van der Waals surface area contributed by atoms with E-state index in [0.717, 1.165) is 49.3 Å². The fourth-order valence-electron chi connectivity index (χ4n) is 5.40. The van der Waals surface area contributed by atoms with E-state index >= 15 is 0 Å². The van der Waals surface area contributed by atoms with Crippen molar-refractivity contribution in [2.75, 3.05) is 43.6 Å². The van der Waals surface area contributed by atoms with Gasteiger partial charge in [0.1, 0.15) is 0 Å². The Balaban J connectivity index is 1.70. The topological polar surface area (TPSA) is 110 Å². The van der Waals surface area contributed by atoms with Gasteiger partial charge in [0, 0.05) is 56.3 Å². The van der Waals surface area contributed by atoms with E-state index in [1.54, 1.807) is 30.6 Å². The number of nitro benzene ring substituents is 1. The second-order valence-corrected chi connectivity index (χ2v) is 11.3. The molecule has 0 amide bonds. The molecule has 0 radical (unpaired) electrons. The first-order chi connectivity index (χ1) is 19.7. The lowest BCUT2D eigenvalue weighted by Gasteiger charge is -2.30. The first kappa shape index (κ1) is 28.3. The molecule has 214 valence electrons. The minimum absolute atomic E-state index is 0.0379. The second kappa shape index (κ2) is 11.7. The second-order valence-electron chi connectivity index (χ2n) is 10.3. The number of allylic oxidation sites excluding steroid dienone is 1. The fraction of sp³-hybridized carbons (Fsp3) is 0.367. The Hall–Kier alpha value is -4.25. The largest absolute Gasteiger partial charge is 0.463 e. The highest BCUT2D eigenvalue weighted by Crippen LogP contribution is 2.32. The van der Waals surface area contributed by atoms with Gasteiger partial charge in [0.25, 0.3) is 11.2 Å². The van der Waals surface area contributed by atoms with E-state index in [2.05, 4.69) is 9.89 Å². The summed E-state index contributed by atoms with van der Waals surface area (Å²) in [5.41, 5.74) is 3.65. The molecule has 41 heavy (non-hydrogen) atoms. The molecule has 2 aromatic carbocycles. The Kier molecular flexibility index (Phi) is 8.07. The first-order valence-corrected chi connectivity index (χ1v) is 14.5. The lowest BCUT2D eigenvalue weighted by molar-refractivity contribution is -0.384. The molecule has 1 fully saturated rings. The minimum atomic E-state index is -0.727. The molecule has 0 saturated carbocycles. The number of hydrogen-bond donors (Lipinski definition) is 0. The predicted octanol–water partition coefficient (Wildman–Crippen LogP) is 3.76. The molecule has 1 atom stereocenters. The number of ether oxygens (including phenoxy) is 1. The van der Waals surface area contributed by atoms with E-state index in [4.69, 9.17) is 4.74 Å². The van der Waals surface area contributed by atoms with Crippen LogP contribution >= 0.6 is 11.3 Å². The molecule has 0 spiro atoms. The van der Waals surface area contributed by atoms with E-state index < -0.39 is 16.9 Å². The van der Waals surface area contributed by atoms with E-state index in [1.165, 1.54) is 23.5 Å². The number of non-ortho nitro benzene ring substituents is 1. The van der Waals surface area contributed by atoms with Crippen molar-refractivity contribution in [2.24, 2.45) is 4.99 Å². The molecule has 0 unspecified atom stereocenters. The molecule has 5 rings (SSSR count). The van der Waals surface area contributed by atoms with E-state index in [-0.39, 0.29) is 17.9 Å². The van der Waals surface area contributed by atoms with Crippen LogP contribution in [-0.4, -0.2) is 49.3 Å². The van der Waals surface area contributed by atoms with Crippen LogP contribution in [-0.2, 0) is 9.53 Å². The summed E-state index contributed by atoms with van der Waals surface area (Å²) in [7, 11) is 3.89. The van der Waals surface area contributed by atoms with Gasteiger partial charge < -0.3 is 14.5 Å². The van der Waals surface area contributed by atoms with Gasteiger partial charge in [-0.25, -0.2) is 9.79 Å².